The summed E-state index contributed by atoms with van der Waals surface area (Å²) in [6, 6.07) is 0. The summed E-state index contributed by atoms with van der Waals surface area (Å²) >= 11 is 0. The molecule has 0 aliphatic carbocycles. The highest BCUT2D eigenvalue weighted by molar-refractivity contribution is 5.08. The van der Waals surface area contributed by atoms with Crippen LogP contribution in [0.5, 0.6) is 0 Å². The van der Waals surface area contributed by atoms with Crippen LogP contribution in [0.3, 0.4) is 0 Å². The number of hydrogen-bond donors (Lipinski definition) is 2. The molecular weight excluding hydrogens is 392 g/mol. The van der Waals surface area contributed by atoms with Crippen LogP contribution in [0.1, 0.15) is 106 Å². The Bertz CT molecular complexity index is 684. The molecule has 2 unspecified atom stereocenters. The third-order valence-electron chi connectivity index (χ3n) is 6.11. The fourth-order valence-electron chi connectivity index (χ4n) is 3.47. The summed E-state index contributed by atoms with van der Waals surface area (Å²) in [6.45, 7) is 20.1. The first kappa shape index (κ1) is 30.4. The minimum Gasteiger partial charge on any atom is -0.386 e. The Morgan fingerprint density at radius 2 is 1.09 bits per heavy atom. The molecule has 2 atom stereocenters. The van der Waals surface area contributed by atoms with Gasteiger partial charge in [-0.15, -0.1) is 13.2 Å². The van der Waals surface area contributed by atoms with E-state index < -0.39 is 11.2 Å². The summed E-state index contributed by atoms with van der Waals surface area (Å²) in [7, 11) is 0. The zero-order chi connectivity index (χ0) is 24.6. The van der Waals surface area contributed by atoms with Gasteiger partial charge in [-0.25, -0.2) is 0 Å². The topological polar surface area (TPSA) is 40.5 Å². The van der Waals surface area contributed by atoms with Gasteiger partial charge in [0, 0.05) is 0 Å². The summed E-state index contributed by atoms with van der Waals surface area (Å²) < 4.78 is 0. The summed E-state index contributed by atoms with van der Waals surface area (Å²) in [5.41, 5.74) is 3.84. The molecule has 2 N–H and O–H groups in total. The minimum absolute atomic E-state index is 0.701. The SMILES string of the molecule is C=CC(C)(O)CCC=C(C)CCC=C(C)CCC(O)(C=C)CC/C=C(\C)CCC=C(C)C. The second kappa shape index (κ2) is 16.0. The molecule has 0 aromatic heterocycles. The molecular formula is C30H50O2. The van der Waals surface area contributed by atoms with Gasteiger partial charge in [-0.1, -0.05) is 58.7 Å². The second-order valence-corrected chi connectivity index (χ2v) is 9.96. The van der Waals surface area contributed by atoms with Gasteiger partial charge in [0.2, 0.25) is 0 Å². The molecule has 2 nitrogen and oxygen atoms in total. The first-order valence-electron chi connectivity index (χ1n) is 12.3. The van der Waals surface area contributed by atoms with Crippen LogP contribution in [-0.4, -0.2) is 21.4 Å². The lowest BCUT2D eigenvalue weighted by molar-refractivity contribution is 0.0738. The van der Waals surface area contributed by atoms with Crippen molar-refractivity contribution in [3.63, 3.8) is 0 Å². The maximum Gasteiger partial charge on any atom is 0.0831 e. The fraction of sp³-hybridized carbons (Fsp3) is 0.600. The highest BCUT2D eigenvalue weighted by atomic mass is 16.3. The smallest absolute Gasteiger partial charge is 0.0831 e. The van der Waals surface area contributed by atoms with Gasteiger partial charge in [0.15, 0.2) is 0 Å². The standard InChI is InChI=1S/C30H50O2/c1-9-29(8,31)22-13-19-27(6)17-12-18-28(7)21-24-30(32,10-2)23-14-20-26(5)16-11-15-25(3)4/h9-10,15,18-20,31-32H,1-2,11-14,16-17,21-24H2,3-8H3/b26-20+,27-19?,28-18?. The minimum atomic E-state index is -0.802. The van der Waals surface area contributed by atoms with Gasteiger partial charge in [0.05, 0.1) is 11.2 Å². The van der Waals surface area contributed by atoms with E-state index in [9.17, 15) is 10.2 Å². The third kappa shape index (κ3) is 16.1. The van der Waals surface area contributed by atoms with E-state index in [0.29, 0.717) is 6.42 Å². The van der Waals surface area contributed by atoms with E-state index >= 15 is 0 Å². The van der Waals surface area contributed by atoms with E-state index in [1.807, 2.05) is 0 Å². The highest BCUT2D eigenvalue weighted by Gasteiger charge is 2.21. The van der Waals surface area contributed by atoms with Crippen molar-refractivity contribution >= 4 is 0 Å². The molecule has 0 amide bonds. The normalized spacial score (nSPS) is 16.8. The Morgan fingerprint density at radius 3 is 1.59 bits per heavy atom. The lowest BCUT2D eigenvalue weighted by atomic mass is 9.90. The number of allylic oxidation sites excluding steroid dienone is 8. The summed E-state index contributed by atoms with van der Waals surface area (Å²) in [5, 5.41) is 20.9. The number of aliphatic hydroxyl groups is 2. The Labute approximate surface area is 199 Å². The van der Waals surface area contributed by atoms with Crippen molar-refractivity contribution in [3.8, 4) is 0 Å². The van der Waals surface area contributed by atoms with Crippen molar-refractivity contribution in [2.45, 2.75) is 117 Å². The first-order chi connectivity index (χ1) is 14.9. The number of rotatable bonds is 17. The average Bonchev–Trinajstić information content (AvgIpc) is 2.72. The van der Waals surface area contributed by atoms with Crippen LogP contribution in [0, 0.1) is 0 Å². The molecule has 182 valence electrons. The molecule has 0 aromatic rings. The van der Waals surface area contributed by atoms with E-state index in [1.54, 1.807) is 19.1 Å². The van der Waals surface area contributed by atoms with Crippen molar-refractivity contribution in [1.29, 1.82) is 0 Å². The van der Waals surface area contributed by atoms with E-state index in [-0.39, 0.29) is 0 Å². The lowest BCUT2D eigenvalue weighted by Gasteiger charge is -2.24. The van der Waals surface area contributed by atoms with E-state index in [0.717, 1.165) is 57.8 Å². The molecule has 0 heterocycles. The van der Waals surface area contributed by atoms with Crippen molar-refractivity contribution in [1.82, 2.24) is 0 Å². The Kier molecular flexibility index (Phi) is 15.2. The van der Waals surface area contributed by atoms with Gasteiger partial charge in [0.1, 0.15) is 0 Å². The molecule has 32 heavy (non-hydrogen) atoms. The van der Waals surface area contributed by atoms with E-state index in [1.165, 1.54) is 22.3 Å². The average molecular weight is 443 g/mol. The molecule has 2 heteroatoms. The predicted octanol–water partition coefficient (Wildman–Crippen LogP) is 8.55. The molecule has 0 aromatic carbocycles. The van der Waals surface area contributed by atoms with Crippen LogP contribution >= 0.6 is 0 Å². The van der Waals surface area contributed by atoms with Gasteiger partial charge in [-0.05, 0) is 106 Å². The van der Waals surface area contributed by atoms with Crippen molar-refractivity contribution < 1.29 is 10.2 Å². The predicted molar refractivity (Wildman–Crippen MR) is 143 cm³/mol. The molecule has 0 spiro atoms. The number of hydrogen-bond acceptors (Lipinski definition) is 2. The highest BCUT2D eigenvalue weighted by Crippen LogP contribution is 2.25. The fourth-order valence-corrected chi connectivity index (χ4v) is 3.47. The molecule has 0 saturated carbocycles. The van der Waals surface area contributed by atoms with Gasteiger partial charge >= 0.3 is 0 Å². The summed E-state index contributed by atoms with van der Waals surface area (Å²) in [6.07, 6.45) is 21.3. The van der Waals surface area contributed by atoms with Crippen molar-refractivity contribution in [3.05, 3.63) is 71.9 Å². The maximum atomic E-state index is 10.9. The molecule has 0 saturated heterocycles. The van der Waals surface area contributed by atoms with Crippen LogP contribution < -0.4 is 0 Å². The zero-order valence-corrected chi connectivity index (χ0v) is 21.8. The zero-order valence-electron chi connectivity index (χ0n) is 21.8. The third-order valence-corrected chi connectivity index (χ3v) is 6.11. The Hall–Kier alpha value is -1.64. The molecule has 0 rings (SSSR count). The molecule has 0 aliphatic rings. The van der Waals surface area contributed by atoms with Crippen LogP contribution in [0.25, 0.3) is 0 Å². The molecule has 0 aliphatic heterocycles. The Balaban J connectivity index is 4.41. The monoisotopic (exact) mass is 442 g/mol. The van der Waals surface area contributed by atoms with Crippen LogP contribution in [0.15, 0.2) is 71.9 Å². The van der Waals surface area contributed by atoms with E-state index in [2.05, 4.69) is 72.1 Å². The van der Waals surface area contributed by atoms with Crippen molar-refractivity contribution in [2.75, 3.05) is 0 Å². The second-order valence-electron chi connectivity index (χ2n) is 9.96. The van der Waals surface area contributed by atoms with E-state index in [4.69, 9.17) is 0 Å². The van der Waals surface area contributed by atoms with Gasteiger partial charge in [0.25, 0.3) is 0 Å². The van der Waals surface area contributed by atoms with Crippen LogP contribution in [-0.2, 0) is 0 Å². The summed E-state index contributed by atoms with van der Waals surface area (Å²) in [5.74, 6) is 0. The molecule has 0 radical (unpaired) electrons. The van der Waals surface area contributed by atoms with Crippen molar-refractivity contribution in [2.24, 2.45) is 0 Å². The largest absolute Gasteiger partial charge is 0.386 e. The van der Waals surface area contributed by atoms with Gasteiger partial charge < -0.3 is 10.2 Å². The van der Waals surface area contributed by atoms with Gasteiger partial charge in [-0.3, -0.25) is 0 Å². The quantitative estimate of drug-likeness (QED) is 0.221. The van der Waals surface area contributed by atoms with Crippen LogP contribution in [0.4, 0.5) is 0 Å². The van der Waals surface area contributed by atoms with Crippen LogP contribution in [0.2, 0.25) is 0 Å². The molecule has 0 fully saturated rings. The molecule has 0 bridgehead atoms. The van der Waals surface area contributed by atoms with Gasteiger partial charge in [-0.2, -0.15) is 0 Å². The first-order valence-corrected chi connectivity index (χ1v) is 12.3. The summed E-state index contributed by atoms with van der Waals surface area (Å²) in [4.78, 5) is 0. The maximum absolute atomic E-state index is 10.9. The Morgan fingerprint density at radius 1 is 0.625 bits per heavy atom. The lowest BCUT2D eigenvalue weighted by Crippen LogP contribution is -2.25.